The van der Waals surface area contributed by atoms with E-state index in [1.54, 1.807) is 16.5 Å². The van der Waals surface area contributed by atoms with E-state index in [9.17, 15) is 24.2 Å². The van der Waals surface area contributed by atoms with Gasteiger partial charge in [0.05, 0.1) is 23.9 Å². The Bertz CT molecular complexity index is 1010. The van der Waals surface area contributed by atoms with Crippen LogP contribution in [0.4, 0.5) is 4.39 Å². The summed E-state index contributed by atoms with van der Waals surface area (Å²) in [5.41, 5.74) is 1.47. The van der Waals surface area contributed by atoms with Gasteiger partial charge < -0.3 is 29.5 Å². The molecule has 0 bridgehead atoms. The molecule has 1 fully saturated rings. The number of hydrogen-bond acceptors (Lipinski definition) is 8. The highest BCUT2D eigenvalue weighted by molar-refractivity contribution is 7.11. The van der Waals surface area contributed by atoms with Gasteiger partial charge in [0, 0.05) is 39.4 Å². The first-order chi connectivity index (χ1) is 18.3. The molecule has 0 saturated carbocycles. The predicted octanol–water partition coefficient (Wildman–Crippen LogP) is 2.83. The number of aromatic nitrogens is 1. The molecule has 0 radical (unpaired) electrons. The van der Waals surface area contributed by atoms with Gasteiger partial charge in [-0.2, -0.15) is 0 Å². The molecule has 0 unspecified atom stereocenters. The van der Waals surface area contributed by atoms with Crippen molar-refractivity contribution in [3.63, 3.8) is 0 Å². The van der Waals surface area contributed by atoms with Crippen molar-refractivity contribution in [2.24, 2.45) is 5.92 Å². The third kappa shape index (κ3) is 8.81. The van der Waals surface area contributed by atoms with E-state index in [4.69, 9.17) is 9.47 Å². The first kappa shape index (κ1) is 30.1. The summed E-state index contributed by atoms with van der Waals surface area (Å²) in [6.45, 7) is 5.25. The summed E-state index contributed by atoms with van der Waals surface area (Å²) in [4.78, 5) is 34.2. The van der Waals surface area contributed by atoms with Gasteiger partial charge in [-0.25, -0.2) is 4.39 Å². The van der Waals surface area contributed by atoms with Gasteiger partial charge in [-0.05, 0) is 37.3 Å². The molecule has 2 aromatic rings. The second kappa shape index (κ2) is 15.2. The number of benzene rings is 1. The normalized spacial score (nSPS) is 22.3. The van der Waals surface area contributed by atoms with Crippen molar-refractivity contribution in [3.8, 4) is 0 Å². The van der Waals surface area contributed by atoms with Crippen LogP contribution >= 0.6 is 11.3 Å². The minimum Gasteiger partial charge on any atom is -0.388 e. The highest BCUT2D eigenvalue weighted by Crippen LogP contribution is 2.17. The van der Waals surface area contributed by atoms with Crippen molar-refractivity contribution in [2.75, 3.05) is 46.0 Å². The van der Waals surface area contributed by atoms with Crippen LogP contribution in [0.25, 0.3) is 0 Å². The first-order valence-corrected chi connectivity index (χ1v) is 13.9. The maximum absolute atomic E-state index is 14.6. The van der Waals surface area contributed by atoms with E-state index >= 15 is 0 Å². The molecule has 2 heterocycles. The third-order valence-electron chi connectivity index (χ3n) is 6.42. The number of carbonyl (C=O) groups is 2. The highest BCUT2D eigenvalue weighted by Gasteiger charge is 2.32. The monoisotopic (exact) mass is 551 g/mol. The Labute approximate surface area is 227 Å². The van der Waals surface area contributed by atoms with E-state index < -0.39 is 30.0 Å². The quantitative estimate of drug-likeness (QED) is 0.568. The molecule has 1 aliphatic rings. The first-order valence-electron chi connectivity index (χ1n) is 13.0. The van der Waals surface area contributed by atoms with Gasteiger partial charge in [0.1, 0.15) is 29.0 Å². The Morgan fingerprint density at radius 1 is 1.16 bits per heavy atom. The fourth-order valence-electron chi connectivity index (χ4n) is 4.10. The van der Waals surface area contributed by atoms with Crippen molar-refractivity contribution in [1.82, 2.24) is 14.8 Å². The van der Waals surface area contributed by atoms with Crippen LogP contribution in [0.5, 0.6) is 0 Å². The van der Waals surface area contributed by atoms with E-state index in [1.807, 2.05) is 13.8 Å². The standard InChI is InChI=1S/C27H38FN3O6S/c1-19(2)9-14-37-23-16-31(26(34)20-7-3-4-8-21(20)28)12-11-30(27(35)24-15-29-18-38-24)10-5-6-13-36-17-22(32)25(23)33/h3-4,7-8,15,18-19,22-23,25,32-33H,5-6,9-14,16-17H2,1-2H3/t22-,23-,25-/m1/s1. The average Bonchev–Trinajstić information content (AvgIpc) is 3.44. The van der Waals surface area contributed by atoms with Gasteiger partial charge in [0.2, 0.25) is 0 Å². The Morgan fingerprint density at radius 3 is 2.63 bits per heavy atom. The fourth-order valence-corrected chi connectivity index (χ4v) is 4.69. The van der Waals surface area contributed by atoms with Crippen LogP contribution in [0.1, 0.15) is 53.1 Å². The van der Waals surface area contributed by atoms with Crippen LogP contribution in [0.3, 0.4) is 0 Å². The van der Waals surface area contributed by atoms with Gasteiger partial charge in [-0.15, -0.1) is 11.3 Å². The van der Waals surface area contributed by atoms with Crippen LogP contribution < -0.4 is 0 Å². The molecule has 1 aromatic heterocycles. The molecule has 1 aromatic carbocycles. The molecule has 1 saturated heterocycles. The van der Waals surface area contributed by atoms with Gasteiger partial charge in [-0.3, -0.25) is 14.6 Å². The Balaban J connectivity index is 1.89. The van der Waals surface area contributed by atoms with Crippen LogP contribution in [0.2, 0.25) is 0 Å². The summed E-state index contributed by atoms with van der Waals surface area (Å²) in [6.07, 6.45) is 0.00520. The summed E-state index contributed by atoms with van der Waals surface area (Å²) < 4.78 is 26.2. The minimum absolute atomic E-state index is 0.0844. The van der Waals surface area contributed by atoms with Crippen molar-refractivity contribution in [3.05, 3.63) is 52.2 Å². The minimum atomic E-state index is -1.34. The molecule has 2 amide bonds. The predicted molar refractivity (Wildman–Crippen MR) is 142 cm³/mol. The molecule has 3 atom stereocenters. The molecule has 38 heavy (non-hydrogen) atoms. The summed E-state index contributed by atoms with van der Waals surface area (Å²) in [5.74, 6) is -1.10. The summed E-state index contributed by atoms with van der Waals surface area (Å²) >= 11 is 1.24. The number of hydrogen-bond donors (Lipinski definition) is 2. The Hall–Kier alpha value is -2.44. The molecule has 11 heteroatoms. The largest absolute Gasteiger partial charge is 0.388 e. The summed E-state index contributed by atoms with van der Waals surface area (Å²) in [7, 11) is 0. The number of aliphatic hydroxyl groups excluding tert-OH is 2. The van der Waals surface area contributed by atoms with E-state index in [2.05, 4.69) is 4.98 Å². The smallest absolute Gasteiger partial charge is 0.265 e. The molecule has 0 spiro atoms. The van der Waals surface area contributed by atoms with Crippen LogP contribution in [-0.2, 0) is 9.47 Å². The number of amides is 2. The summed E-state index contributed by atoms with van der Waals surface area (Å²) in [5, 5.41) is 21.6. The van der Waals surface area contributed by atoms with Crippen LogP contribution in [0, 0.1) is 11.7 Å². The van der Waals surface area contributed by atoms with E-state index in [-0.39, 0.29) is 37.7 Å². The number of halogens is 1. The van der Waals surface area contributed by atoms with Crippen molar-refractivity contribution < 1.29 is 33.7 Å². The summed E-state index contributed by atoms with van der Waals surface area (Å²) in [6, 6.07) is 5.69. The van der Waals surface area contributed by atoms with Crippen molar-refractivity contribution in [2.45, 2.75) is 51.4 Å². The molecule has 3 rings (SSSR count). The maximum Gasteiger partial charge on any atom is 0.265 e. The average molecular weight is 552 g/mol. The number of ether oxygens (including phenoxy) is 2. The molecular formula is C27H38FN3O6S. The van der Waals surface area contributed by atoms with E-state index in [0.29, 0.717) is 49.8 Å². The van der Waals surface area contributed by atoms with Gasteiger partial charge in [0.15, 0.2) is 0 Å². The third-order valence-corrected chi connectivity index (χ3v) is 7.18. The lowest BCUT2D eigenvalue weighted by molar-refractivity contribution is -0.116. The van der Waals surface area contributed by atoms with Crippen LogP contribution in [-0.4, -0.2) is 101 Å². The topological polar surface area (TPSA) is 112 Å². The molecule has 1 aliphatic heterocycles. The molecule has 2 N–H and O–H groups in total. The van der Waals surface area contributed by atoms with Gasteiger partial charge >= 0.3 is 0 Å². The van der Waals surface area contributed by atoms with Gasteiger partial charge in [0.25, 0.3) is 11.8 Å². The maximum atomic E-state index is 14.6. The zero-order valence-electron chi connectivity index (χ0n) is 22.0. The number of nitrogens with zero attached hydrogens (tertiary/aromatic N) is 3. The number of carbonyl (C=O) groups excluding carboxylic acids is 2. The molecule has 0 aliphatic carbocycles. The molecule has 210 valence electrons. The second-order valence-corrected chi connectivity index (χ2v) is 10.7. The zero-order valence-corrected chi connectivity index (χ0v) is 22.8. The number of rotatable bonds is 6. The number of thiazole rings is 1. The lowest BCUT2D eigenvalue weighted by atomic mass is 10.1. The van der Waals surface area contributed by atoms with Crippen molar-refractivity contribution in [1.29, 1.82) is 0 Å². The van der Waals surface area contributed by atoms with E-state index in [0.717, 1.165) is 0 Å². The Morgan fingerprint density at radius 2 is 1.92 bits per heavy atom. The van der Waals surface area contributed by atoms with Crippen LogP contribution in [0.15, 0.2) is 36.0 Å². The zero-order chi connectivity index (χ0) is 27.5. The molecular weight excluding hydrogens is 513 g/mol. The lowest BCUT2D eigenvalue weighted by Crippen LogP contribution is -2.51. The lowest BCUT2D eigenvalue weighted by Gasteiger charge is -2.34. The van der Waals surface area contributed by atoms with Gasteiger partial charge in [-0.1, -0.05) is 26.0 Å². The van der Waals surface area contributed by atoms with E-state index in [1.165, 1.54) is 40.6 Å². The highest BCUT2D eigenvalue weighted by atomic mass is 32.1. The molecule has 9 nitrogen and oxygen atoms in total. The Kier molecular flexibility index (Phi) is 12.1. The van der Waals surface area contributed by atoms with Crippen molar-refractivity contribution >= 4 is 23.2 Å². The fraction of sp³-hybridized carbons (Fsp3) is 0.593. The SMILES string of the molecule is CC(C)CCO[C@@H]1CN(C(=O)c2ccccc2F)CCN(C(=O)c2cncs2)CCCCOC[C@@H](O)[C@H]1O. The number of aliphatic hydroxyl groups is 2. The second-order valence-electron chi connectivity index (χ2n) is 9.82.